The van der Waals surface area contributed by atoms with Crippen LogP contribution in [0.3, 0.4) is 0 Å². The van der Waals surface area contributed by atoms with E-state index in [-0.39, 0.29) is 11.9 Å². The van der Waals surface area contributed by atoms with E-state index in [9.17, 15) is 5.11 Å². The first-order valence-corrected chi connectivity index (χ1v) is 4.71. The van der Waals surface area contributed by atoms with Crippen molar-refractivity contribution in [3.05, 3.63) is 23.3 Å². The third-order valence-electron chi connectivity index (χ3n) is 2.53. The third kappa shape index (κ3) is 1.55. The number of hydrogen-bond acceptors (Lipinski definition) is 3. The molecule has 2 rings (SSSR count). The van der Waals surface area contributed by atoms with Gasteiger partial charge in [0, 0.05) is 11.6 Å². The molecular formula is C11H14O3. The summed E-state index contributed by atoms with van der Waals surface area (Å²) < 4.78 is 10.7. The number of phenolic OH excluding ortho intramolecular Hbond substituents is 1. The Morgan fingerprint density at radius 3 is 3.00 bits per heavy atom. The van der Waals surface area contributed by atoms with Crippen LogP contribution in [0.2, 0.25) is 0 Å². The lowest BCUT2D eigenvalue weighted by Crippen LogP contribution is -2.19. The molecule has 0 aromatic heterocycles. The van der Waals surface area contributed by atoms with E-state index in [1.165, 1.54) is 0 Å². The summed E-state index contributed by atoms with van der Waals surface area (Å²) >= 11 is 0. The average Bonchev–Trinajstić information content (AvgIpc) is 2.15. The third-order valence-corrected chi connectivity index (χ3v) is 2.53. The van der Waals surface area contributed by atoms with Crippen LogP contribution in [0.25, 0.3) is 0 Å². The van der Waals surface area contributed by atoms with Crippen LogP contribution < -0.4 is 4.74 Å². The summed E-state index contributed by atoms with van der Waals surface area (Å²) in [6.07, 6.45) is 1.05. The Kier molecular flexibility index (Phi) is 2.33. The molecule has 0 amide bonds. The molecule has 1 heterocycles. The van der Waals surface area contributed by atoms with Gasteiger partial charge in [0.1, 0.15) is 11.5 Å². The molecule has 1 aromatic carbocycles. The van der Waals surface area contributed by atoms with Crippen molar-refractivity contribution < 1.29 is 14.6 Å². The fourth-order valence-electron chi connectivity index (χ4n) is 1.81. The molecule has 0 saturated heterocycles. The summed E-state index contributed by atoms with van der Waals surface area (Å²) in [4.78, 5) is 0. The smallest absolute Gasteiger partial charge is 0.128 e. The molecule has 76 valence electrons. The molecule has 1 aliphatic rings. The number of phenols is 1. The zero-order chi connectivity index (χ0) is 10.1. The van der Waals surface area contributed by atoms with Crippen LogP contribution in [0, 0.1) is 0 Å². The molecule has 14 heavy (non-hydrogen) atoms. The molecule has 0 radical (unpaired) electrons. The Morgan fingerprint density at radius 1 is 1.50 bits per heavy atom. The Labute approximate surface area is 83.3 Å². The number of rotatable bonds is 1. The van der Waals surface area contributed by atoms with E-state index in [4.69, 9.17) is 9.47 Å². The lowest BCUT2D eigenvalue weighted by atomic mass is 9.98. The van der Waals surface area contributed by atoms with Crippen molar-refractivity contribution in [2.75, 3.05) is 7.11 Å². The number of benzene rings is 1. The van der Waals surface area contributed by atoms with E-state index in [0.717, 1.165) is 17.5 Å². The second-order valence-corrected chi connectivity index (χ2v) is 3.61. The topological polar surface area (TPSA) is 38.7 Å². The van der Waals surface area contributed by atoms with E-state index in [1.54, 1.807) is 19.2 Å². The molecule has 1 atom stereocenters. The van der Waals surface area contributed by atoms with Gasteiger partial charge in [0.05, 0.1) is 19.8 Å². The SMILES string of the molecule is COc1cc(O)cc2c1CO[C@H](C)C2. The van der Waals surface area contributed by atoms with Crippen LogP contribution in [0.15, 0.2) is 12.1 Å². The number of aromatic hydroxyl groups is 1. The molecule has 0 unspecified atom stereocenters. The van der Waals surface area contributed by atoms with E-state index in [2.05, 4.69) is 0 Å². The van der Waals surface area contributed by atoms with Gasteiger partial charge in [-0.2, -0.15) is 0 Å². The van der Waals surface area contributed by atoms with Crippen LogP contribution in [-0.4, -0.2) is 18.3 Å². The number of ether oxygens (including phenoxy) is 2. The Bertz CT molecular complexity index is 347. The summed E-state index contributed by atoms with van der Waals surface area (Å²) in [5.74, 6) is 0.974. The standard InChI is InChI=1S/C11H14O3/c1-7-3-8-4-9(12)5-11(13-2)10(8)6-14-7/h4-5,7,12H,3,6H2,1-2H3/t7-/m1/s1. The number of fused-ring (bicyclic) bond motifs is 1. The molecule has 3 heteroatoms. The fourth-order valence-corrected chi connectivity index (χ4v) is 1.81. The first-order chi connectivity index (χ1) is 6.70. The minimum absolute atomic E-state index is 0.217. The van der Waals surface area contributed by atoms with Crippen LogP contribution in [-0.2, 0) is 17.8 Å². The van der Waals surface area contributed by atoms with Gasteiger partial charge in [0.2, 0.25) is 0 Å². The van der Waals surface area contributed by atoms with E-state index in [1.807, 2.05) is 6.92 Å². The summed E-state index contributed by atoms with van der Waals surface area (Å²) in [5, 5.41) is 9.47. The molecule has 0 fully saturated rings. The minimum atomic E-state index is 0.217. The first-order valence-electron chi connectivity index (χ1n) is 4.71. The average molecular weight is 194 g/mol. The molecular weight excluding hydrogens is 180 g/mol. The summed E-state index contributed by atoms with van der Waals surface area (Å²) in [5.41, 5.74) is 2.18. The highest BCUT2D eigenvalue weighted by molar-refractivity contribution is 5.46. The van der Waals surface area contributed by atoms with Crippen molar-refractivity contribution in [3.63, 3.8) is 0 Å². The number of hydrogen-bond donors (Lipinski definition) is 1. The highest BCUT2D eigenvalue weighted by Gasteiger charge is 2.19. The van der Waals surface area contributed by atoms with Crippen LogP contribution >= 0.6 is 0 Å². The monoisotopic (exact) mass is 194 g/mol. The van der Waals surface area contributed by atoms with Gasteiger partial charge in [-0.05, 0) is 25.0 Å². The molecule has 3 nitrogen and oxygen atoms in total. The lowest BCUT2D eigenvalue weighted by Gasteiger charge is -2.24. The predicted molar refractivity (Wildman–Crippen MR) is 52.6 cm³/mol. The van der Waals surface area contributed by atoms with Crippen LogP contribution in [0.1, 0.15) is 18.1 Å². The summed E-state index contributed by atoms with van der Waals surface area (Å²) in [6.45, 7) is 2.60. The van der Waals surface area contributed by atoms with E-state index >= 15 is 0 Å². The highest BCUT2D eigenvalue weighted by Crippen LogP contribution is 2.32. The Morgan fingerprint density at radius 2 is 2.29 bits per heavy atom. The van der Waals surface area contributed by atoms with E-state index < -0.39 is 0 Å². The second kappa shape index (κ2) is 3.50. The molecule has 1 aromatic rings. The maximum absolute atomic E-state index is 9.47. The molecule has 1 N–H and O–H groups in total. The predicted octanol–water partition coefficient (Wildman–Crippen LogP) is 1.86. The lowest BCUT2D eigenvalue weighted by molar-refractivity contribution is 0.0395. The van der Waals surface area contributed by atoms with Gasteiger partial charge in [-0.25, -0.2) is 0 Å². The van der Waals surface area contributed by atoms with Crippen LogP contribution in [0.5, 0.6) is 11.5 Å². The second-order valence-electron chi connectivity index (χ2n) is 3.61. The van der Waals surface area contributed by atoms with Gasteiger partial charge in [-0.3, -0.25) is 0 Å². The minimum Gasteiger partial charge on any atom is -0.508 e. The van der Waals surface area contributed by atoms with Crippen molar-refractivity contribution in [3.8, 4) is 11.5 Å². The molecule has 0 bridgehead atoms. The van der Waals surface area contributed by atoms with Gasteiger partial charge in [-0.15, -0.1) is 0 Å². The molecule has 0 saturated carbocycles. The quantitative estimate of drug-likeness (QED) is 0.741. The van der Waals surface area contributed by atoms with Gasteiger partial charge in [0.25, 0.3) is 0 Å². The van der Waals surface area contributed by atoms with Crippen molar-refractivity contribution in [2.24, 2.45) is 0 Å². The van der Waals surface area contributed by atoms with Gasteiger partial charge < -0.3 is 14.6 Å². The first kappa shape index (κ1) is 9.34. The number of methoxy groups -OCH3 is 1. The maximum Gasteiger partial charge on any atom is 0.128 e. The highest BCUT2D eigenvalue weighted by atomic mass is 16.5. The fraction of sp³-hybridized carbons (Fsp3) is 0.455. The zero-order valence-electron chi connectivity index (χ0n) is 8.41. The van der Waals surface area contributed by atoms with Crippen molar-refractivity contribution >= 4 is 0 Å². The summed E-state index contributed by atoms with van der Waals surface area (Å²) in [6, 6.07) is 3.41. The Hall–Kier alpha value is -1.22. The van der Waals surface area contributed by atoms with E-state index in [0.29, 0.717) is 12.4 Å². The molecule has 1 aliphatic heterocycles. The van der Waals surface area contributed by atoms with Crippen LogP contribution in [0.4, 0.5) is 0 Å². The Balaban J connectivity index is 2.46. The largest absolute Gasteiger partial charge is 0.508 e. The normalized spacial score (nSPS) is 20.3. The zero-order valence-corrected chi connectivity index (χ0v) is 8.41. The van der Waals surface area contributed by atoms with Gasteiger partial charge in [0.15, 0.2) is 0 Å². The van der Waals surface area contributed by atoms with Crippen molar-refractivity contribution in [1.29, 1.82) is 0 Å². The van der Waals surface area contributed by atoms with Gasteiger partial charge in [-0.1, -0.05) is 0 Å². The summed E-state index contributed by atoms with van der Waals surface area (Å²) in [7, 11) is 1.60. The maximum atomic E-state index is 9.47. The van der Waals surface area contributed by atoms with Gasteiger partial charge >= 0.3 is 0 Å². The molecule has 0 aliphatic carbocycles. The molecule has 0 spiro atoms. The van der Waals surface area contributed by atoms with Crippen molar-refractivity contribution in [1.82, 2.24) is 0 Å². The van der Waals surface area contributed by atoms with Crippen molar-refractivity contribution in [2.45, 2.75) is 26.1 Å².